The van der Waals surface area contributed by atoms with Crippen LogP contribution in [-0.4, -0.2) is 40.3 Å². The van der Waals surface area contributed by atoms with Crippen LogP contribution in [0.3, 0.4) is 0 Å². The molecule has 10 heteroatoms. The van der Waals surface area contributed by atoms with Gasteiger partial charge in [-0.15, -0.1) is 0 Å². The Balaban J connectivity index is -0.000000112. The monoisotopic (exact) mass is 495 g/mol. The molecule has 0 aliphatic carbocycles. The third-order valence-corrected chi connectivity index (χ3v) is 2.51. The molecule has 0 aromatic rings. The molecule has 0 amide bonds. The van der Waals surface area contributed by atoms with E-state index in [-0.39, 0.29) is 7.43 Å². The van der Waals surface area contributed by atoms with Gasteiger partial charge in [0.2, 0.25) is 6.10 Å². The molecule has 0 aromatic carbocycles. The number of hydrogen-bond acceptors (Lipinski definition) is 3. The summed E-state index contributed by atoms with van der Waals surface area (Å²) in [6, 6.07) is 0.559. The average molecular weight is 495 g/mol. The molecule has 0 aliphatic rings. The largest absolute Gasteiger partial charge is 0.423 e. The van der Waals surface area contributed by atoms with E-state index in [1.54, 1.807) is 20.8 Å². The summed E-state index contributed by atoms with van der Waals surface area (Å²) in [6.07, 6.45) is -15.5. The number of alkyl halides is 6. The maximum Gasteiger partial charge on any atom is 0.423 e. The van der Waals surface area contributed by atoms with Gasteiger partial charge in [-0.2, -0.15) is 26.3 Å². The average Bonchev–Trinajstić information content (AvgIpc) is 2.12. The van der Waals surface area contributed by atoms with Gasteiger partial charge in [-0.25, -0.2) is 0 Å². The van der Waals surface area contributed by atoms with E-state index in [0.29, 0.717) is 6.04 Å². The quantitative estimate of drug-likeness (QED) is 0.430. The minimum atomic E-state index is -5.63. The van der Waals surface area contributed by atoms with Crippen molar-refractivity contribution in [3.63, 3.8) is 0 Å². The van der Waals surface area contributed by atoms with Crippen LogP contribution in [0.25, 0.3) is 0 Å². The van der Waals surface area contributed by atoms with Gasteiger partial charge in [-0.1, -0.05) is 0 Å². The molecule has 0 heterocycles. The fraction of sp³-hybridized carbons (Fsp3) is 0.909. The molecule has 131 valence electrons. The van der Waals surface area contributed by atoms with E-state index in [4.69, 9.17) is 10.2 Å². The van der Waals surface area contributed by atoms with Crippen LogP contribution in [0.4, 0.5) is 26.3 Å². The standard InChI is InChI=1S/C4H10O.C3H2F6O.C3H7N.CH3.Ta/c1-4(2,3)5;4-2(5,6)1(10)3(7,8)9;1-3(2)4;;/h5H,1-3H3;1,10H;3H,1-2H3;1H3;/q;;;-1;. The Bertz CT molecular complexity index is 241. The molecule has 0 atom stereocenters. The van der Waals surface area contributed by atoms with Gasteiger partial charge in [0, 0.05) is 0 Å². The van der Waals surface area contributed by atoms with Gasteiger partial charge in [-0.3, -0.25) is 0 Å². The zero-order chi connectivity index (χ0) is 17.4. The molecule has 0 radical (unpaired) electrons. The van der Waals surface area contributed by atoms with Gasteiger partial charge in [0.1, 0.15) is 0 Å². The summed E-state index contributed by atoms with van der Waals surface area (Å²) in [6.45, 7) is 9.40. The van der Waals surface area contributed by atoms with Crippen LogP contribution in [-0.2, 0) is 20.9 Å². The van der Waals surface area contributed by atoms with Crippen LogP contribution in [0.15, 0.2) is 3.34 Å². The molecule has 21 heavy (non-hydrogen) atoms. The third kappa shape index (κ3) is 33.1. The minimum Gasteiger partial charge on any atom is -0.377 e. The van der Waals surface area contributed by atoms with Gasteiger partial charge in [0.15, 0.2) is 0 Å². The Kier molecular flexibility index (Phi) is 16.1. The maximum atomic E-state index is 11.0. The van der Waals surface area contributed by atoms with Crippen LogP contribution in [0.5, 0.6) is 0 Å². The Labute approximate surface area is 133 Å². The maximum absolute atomic E-state index is 11.0. The molecule has 0 spiro atoms. The fourth-order valence-corrected chi connectivity index (χ4v) is 0.186. The van der Waals surface area contributed by atoms with Crippen LogP contribution in [0, 0.1) is 7.43 Å². The predicted octanol–water partition coefficient (Wildman–Crippen LogP) is 3.82. The number of rotatable bonds is 1. The second-order valence-electron chi connectivity index (χ2n) is 4.87. The summed E-state index contributed by atoms with van der Waals surface area (Å²) in [5.41, 5.74) is -0.500. The van der Waals surface area contributed by atoms with E-state index >= 15 is 0 Å². The number of aliphatic hydroxyl groups excluding tert-OH is 1. The van der Waals surface area contributed by atoms with Crippen molar-refractivity contribution < 1.29 is 57.4 Å². The molecule has 0 bridgehead atoms. The molecule has 0 aliphatic heterocycles. The van der Waals surface area contributed by atoms with Gasteiger partial charge in [-0.05, 0) is 20.8 Å². The molecular weight excluding hydrogens is 473 g/mol. The number of halogens is 6. The predicted molar refractivity (Wildman–Crippen MR) is 64.1 cm³/mol. The molecule has 0 fully saturated rings. The minimum absolute atomic E-state index is 0. The summed E-state index contributed by atoms with van der Waals surface area (Å²) >= 11 is 1.16. The van der Waals surface area contributed by atoms with Crippen molar-refractivity contribution >= 4 is 0 Å². The van der Waals surface area contributed by atoms with Crippen molar-refractivity contribution in [1.82, 2.24) is 0 Å². The normalized spacial score (nSPS) is 11.7. The summed E-state index contributed by atoms with van der Waals surface area (Å²) in [5.74, 6) is 0. The first-order valence-electron chi connectivity index (χ1n) is 5.31. The van der Waals surface area contributed by atoms with E-state index in [1.165, 1.54) is 0 Å². The zero-order valence-electron chi connectivity index (χ0n) is 12.7. The first-order chi connectivity index (χ1) is 8.42. The Hall–Kier alpha value is 0.0403. The van der Waals surface area contributed by atoms with Crippen molar-refractivity contribution in [2.45, 2.75) is 64.7 Å². The number of nitrogens with zero attached hydrogens (tertiary/aromatic N) is 1. The third-order valence-electron chi connectivity index (χ3n) is 0.851. The van der Waals surface area contributed by atoms with E-state index in [0.717, 1.165) is 20.9 Å². The van der Waals surface area contributed by atoms with E-state index in [9.17, 15) is 26.3 Å². The second kappa shape index (κ2) is 11.6. The second-order valence-corrected chi connectivity index (χ2v) is 5.70. The Morgan fingerprint density at radius 3 is 1.05 bits per heavy atom. The molecular formula is C11H22F6NO2Ta-. The molecule has 2 N–H and O–H groups in total. The van der Waals surface area contributed by atoms with Crippen LogP contribution >= 0.6 is 0 Å². The summed E-state index contributed by atoms with van der Waals surface area (Å²) < 4.78 is 69.9. The van der Waals surface area contributed by atoms with Crippen molar-refractivity contribution in [3.05, 3.63) is 7.43 Å². The molecule has 0 saturated carbocycles. The smallest absolute Gasteiger partial charge is 0.377 e. The molecule has 0 saturated heterocycles. The van der Waals surface area contributed by atoms with E-state index in [1.807, 2.05) is 0 Å². The van der Waals surface area contributed by atoms with Crippen molar-refractivity contribution in [1.29, 1.82) is 0 Å². The first-order valence-corrected chi connectivity index (χ1v) is 6.74. The van der Waals surface area contributed by atoms with Gasteiger partial charge in [0.25, 0.3) is 0 Å². The zero-order valence-corrected chi connectivity index (χ0v) is 15.9. The van der Waals surface area contributed by atoms with E-state index < -0.39 is 24.1 Å². The Morgan fingerprint density at radius 2 is 1.05 bits per heavy atom. The first kappa shape index (κ1) is 29.1. The summed E-state index contributed by atoms with van der Waals surface area (Å²) in [7, 11) is 0. The topological polar surface area (TPSA) is 52.8 Å². The van der Waals surface area contributed by atoms with Crippen LogP contribution in [0.2, 0.25) is 0 Å². The fourth-order valence-electron chi connectivity index (χ4n) is 0.186. The van der Waals surface area contributed by atoms with Crippen molar-refractivity contribution in [2.24, 2.45) is 3.34 Å². The van der Waals surface area contributed by atoms with Crippen molar-refractivity contribution in [2.75, 3.05) is 0 Å². The number of aliphatic hydroxyl groups is 2. The van der Waals surface area contributed by atoms with Crippen molar-refractivity contribution in [3.8, 4) is 0 Å². The van der Waals surface area contributed by atoms with Gasteiger partial charge < -0.3 is 17.6 Å². The molecule has 0 aromatic heterocycles. The Morgan fingerprint density at radius 1 is 0.905 bits per heavy atom. The summed E-state index contributed by atoms with van der Waals surface area (Å²) in [4.78, 5) is 0. The van der Waals surface area contributed by atoms with Gasteiger partial charge in [0.05, 0.1) is 5.60 Å². The molecule has 0 unspecified atom stereocenters. The molecule has 0 rings (SSSR count). The SMILES string of the molecule is CC(C)(C)O.CC(C)[N]=[Ta].OC(C(F)(F)F)C(F)(F)F.[CH3-]. The van der Waals surface area contributed by atoms with Gasteiger partial charge >= 0.3 is 56.5 Å². The molecule has 3 nitrogen and oxygen atoms in total. The van der Waals surface area contributed by atoms with E-state index in [2.05, 4.69) is 17.2 Å². The van der Waals surface area contributed by atoms with Crippen LogP contribution in [0.1, 0.15) is 34.6 Å². The summed E-state index contributed by atoms with van der Waals surface area (Å²) in [5, 5.41) is 16.0. The number of hydrogen-bond donors (Lipinski definition) is 2. The van der Waals surface area contributed by atoms with Crippen LogP contribution < -0.4 is 0 Å².